The molecule has 1 aliphatic heterocycles. The number of carbonyl (C=O) groups is 3. The van der Waals surface area contributed by atoms with Crippen molar-refractivity contribution in [2.24, 2.45) is 11.7 Å². The van der Waals surface area contributed by atoms with Crippen LogP contribution in [0.2, 0.25) is 0 Å². The molecule has 0 radical (unpaired) electrons. The summed E-state index contributed by atoms with van der Waals surface area (Å²) < 4.78 is 5.39. The van der Waals surface area contributed by atoms with Crippen LogP contribution in [-0.4, -0.2) is 51.9 Å². The minimum absolute atomic E-state index is 0. The summed E-state index contributed by atoms with van der Waals surface area (Å²) in [6, 6.07) is 5.51. The predicted molar refractivity (Wildman–Crippen MR) is 112 cm³/mol. The fourth-order valence-corrected chi connectivity index (χ4v) is 3.61. The van der Waals surface area contributed by atoms with Gasteiger partial charge in [-0.05, 0) is 30.5 Å². The van der Waals surface area contributed by atoms with E-state index in [2.05, 4.69) is 4.84 Å². The number of thioether (sulfide) groups is 1. The second kappa shape index (κ2) is 12.4. The summed E-state index contributed by atoms with van der Waals surface area (Å²) in [7, 11) is 0. The van der Waals surface area contributed by atoms with Crippen LogP contribution in [0.1, 0.15) is 25.3 Å². The van der Waals surface area contributed by atoms with E-state index in [9.17, 15) is 24.5 Å². The van der Waals surface area contributed by atoms with E-state index in [0.29, 0.717) is 30.7 Å². The number of benzene rings is 1. The van der Waals surface area contributed by atoms with Gasteiger partial charge in [0.15, 0.2) is 0 Å². The first-order chi connectivity index (χ1) is 13.8. The maximum Gasteiger partial charge on any atom is 0.334 e. The molecule has 0 saturated carbocycles. The van der Waals surface area contributed by atoms with E-state index >= 15 is 0 Å². The zero-order valence-corrected chi connectivity index (χ0v) is 18.0. The van der Waals surface area contributed by atoms with Crippen LogP contribution < -0.4 is 10.5 Å². The highest BCUT2D eigenvalue weighted by Gasteiger charge is 2.37. The third-order valence-electron chi connectivity index (χ3n) is 4.34. The smallest absolute Gasteiger partial charge is 0.334 e. The first kappa shape index (κ1) is 25.7. The Kier molecular flexibility index (Phi) is 10.6. The van der Waals surface area contributed by atoms with Crippen LogP contribution in [-0.2, 0) is 25.8 Å². The van der Waals surface area contributed by atoms with Crippen LogP contribution in [0.4, 0.5) is 0 Å². The van der Waals surface area contributed by atoms with E-state index in [1.165, 1.54) is 11.0 Å². The van der Waals surface area contributed by atoms with Gasteiger partial charge in [0.2, 0.25) is 11.0 Å². The Labute approximate surface area is 183 Å². The van der Waals surface area contributed by atoms with E-state index in [-0.39, 0.29) is 42.3 Å². The van der Waals surface area contributed by atoms with Gasteiger partial charge in [-0.1, -0.05) is 30.8 Å². The Bertz CT molecular complexity index is 780. The number of rotatable bonds is 9. The summed E-state index contributed by atoms with van der Waals surface area (Å²) in [5.74, 6) is -0.704. The van der Waals surface area contributed by atoms with Crippen molar-refractivity contribution in [1.82, 2.24) is 4.90 Å². The molecule has 0 unspecified atom stereocenters. The molecule has 1 aromatic carbocycles. The van der Waals surface area contributed by atoms with Crippen LogP contribution in [0.3, 0.4) is 0 Å². The molecular formula is C18H24ClN3O7S. The lowest BCUT2D eigenvalue weighted by atomic mass is 10.1. The summed E-state index contributed by atoms with van der Waals surface area (Å²) in [4.78, 5) is 52.7. The first-order valence-corrected chi connectivity index (χ1v) is 10.0. The van der Waals surface area contributed by atoms with Crippen LogP contribution in [0, 0.1) is 16.0 Å². The molecule has 1 aromatic rings. The van der Waals surface area contributed by atoms with Crippen molar-refractivity contribution in [3.8, 4) is 5.75 Å². The molecule has 2 rings (SSSR count). The zero-order chi connectivity index (χ0) is 21.4. The number of carbonyl (C=O) groups excluding carboxylic acids is 3. The number of ether oxygens (including phenoxy) is 1. The Hall–Kier alpha value is -2.37. The topological polar surface area (TPSA) is 142 Å². The van der Waals surface area contributed by atoms with Gasteiger partial charge < -0.3 is 20.2 Å². The third-order valence-corrected chi connectivity index (χ3v) is 5.50. The van der Waals surface area contributed by atoms with Crippen molar-refractivity contribution in [2.45, 2.75) is 32.4 Å². The van der Waals surface area contributed by atoms with Gasteiger partial charge in [-0.2, -0.15) is 0 Å². The number of esters is 1. The molecule has 1 aliphatic rings. The lowest BCUT2D eigenvalue weighted by molar-refractivity contribution is -0.763. The zero-order valence-electron chi connectivity index (χ0n) is 16.4. The van der Waals surface area contributed by atoms with Crippen molar-refractivity contribution in [3.63, 3.8) is 0 Å². The third kappa shape index (κ3) is 7.47. The lowest BCUT2D eigenvalue weighted by Crippen LogP contribution is -2.45. The molecule has 2 atom stereocenters. The highest BCUT2D eigenvalue weighted by Crippen LogP contribution is 2.24. The maximum absolute atomic E-state index is 12.7. The number of halogens is 1. The van der Waals surface area contributed by atoms with Gasteiger partial charge >= 0.3 is 5.97 Å². The van der Waals surface area contributed by atoms with E-state index < -0.39 is 23.0 Å². The quantitative estimate of drug-likeness (QED) is 0.251. The summed E-state index contributed by atoms with van der Waals surface area (Å²) in [6.07, 6.45) is 1.15. The average molecular weight is 462 g/mol. The van der Waals surface area contributed by atoms with Crippen molar-refractivity contribution >= 4 is 41.2 Å². The molecule has 0 bridgehead atoms. The molecule has 0 spiro atoms. The molecule has 30 heavy (non-hydrogen) atoms. The van der Waals surface area contributed by atoms with Gasteiger partial charge in [0.1, 0.15) is 18.4 Å². The Morgan fingerprint density at radius 3 is 2.80 bits per heavy atom. The monoisotopic (exact) mass is 461 g/mol. The van der Waals surface area contributed by atoms with Gasteiger partial charge in [-0.3, -0.25) is 9.59 Å². The maximum atomic E-state index is 12.7. The average Bonchev–Trinajstić information content (AvgIpc) is 3.19. The van der Waals surface area contributed by atoms with Gasteiger partial charge in [0.25, 0.3) is 5.09 Å². The Morgan fingerprint density at radius 2 is 2.13 bits per heavy atom. The van der Waals surface area contributed by atoms with Crippen LogP contribution >= 0.6 is 24.2 Å². The lowest BCUT2D eigenvalue weighted by Gasteiger charge is -2.26. The number of hydrogen-bond donors (Lipinski definition) is 1. The largest absolute Gasteiger partial charge is 0.425 e. The molecule has 12 heteroatoms. The van der Waals surface area contributed by atoms with E-state index in [1.807, 2.05) is 0 Å². The Balaban J connectivity index is 0.00000450. The summed E-state index contributed by atoms with van der Waals surface area (Å²) in [5, 5.41) is 9.21. The minimum atomic E-state index is -0.902. The van der Waals surface area contributed by atoms with Crippen LogP contribution in [0.5, 0.6) is 5.75 Å². The molecule has 0 aromatic heterocycles. The van der Waals surface area contributed by atoms with Gasteiger partial charge in [-0.25, -0.2) is 4.79 Å². The molecule has 1 amide bonds. The second-order valence-electron chi connectivity index (χ2n) is 6.54. The Morgan fingerprint density at radius 1 is 1.40 bits per heavy atom. The molecular weight excluding hydrogens is 438 g/mol. The number of nitrogens with zero attached hydrogens (tertiary/aromatic N) is 2. The van der Waals surface area contributed by atoms with Gasteiger partial charge in [0, 0.05) is 18.2 Å². The summed E-state index contributed by atoms with van der Waals surface area (Å²) in [6.45, 7) is 1.80. The highest BCUT2D eigenvalue weighted by atomic mass is 35.5. The fourth-order valence-electron chi connectivity index (χ4n) is 2.92. The second-order valence-corrected chi connectivity index (χ2v) is 7.62. The van der Waals surface area contributed by atoms with Crippen LogP contribution in [0.25, 0.3) is 0 Å². The summed E-state index contributed by atoms with van der Waals surface area (Å²) in [5.41, 5.74) is 5.74. The molecule has 166 valence electrons. The number of amides is 1. The predicted octanol–water partition coefficient (Wildman–Crippen LogP) is 1.57. The van der Waals surface area contributed by atoms with Crippen molar-refractivity contribution in [3.05, 3.63) is 39.9 Å². The van der Waals surface area contributed by atoms with Crippen molar-refractivity contribution < 1.29 is 29.0 Å². The number of likely N-dealkylation sites (tertiary alicyclic amines) is 1. The number of hydrogen-bond acceptors (Lipinski definition) is 9. The van der Waals surface area contributed by atoms with Crippen molar-refractivity contribution in [1.29, 1.82) is 0 Å². The molecule has 1 heterocycles. The molecule has 10 nitrogen and oxygen atoms in total. The molecule has 0 aliphatic carbocycles. The standard InChI is InChI=1S/C18H23N3O7S.ClH/c1-12(11-29-16(22)9-19)17(23)20-7-3-6-15(20)18(24)28-14-5-2-4-13(8-14)10-27-21(25)26;/h2,4-5,8,12,15H,3,6-7,9-11,19H2,1H3;1H/t12-,15+;/m1./s1. The van der Waals surface area contributed by atoms with E-state index in [1.54, 1.807) is 25.1 Å². The molecule has 1 saturated heterocycles. The summed E-state index contributed by atoms with van der Waals surface area (Å²) >= 11 is 1.00. The number of nitrogens with two attached hydrogens (primary N) is 1. The first-order valence-electron chi connectivity index (χ1n) is 9.06. The molecule has 2 N–H and O–H groups in total. The van der Waals surface area contributed by atoms with E-state index in [4.69, 9.17) is 10.5 Å². The SMILES string of the molecule is C[C@H](CSC(=O)CN)C(=O)N1CCC[C@H]1C(=O)Oc1cccc(CO[N+](=O)[O-])c1.Cl. The van der Waals surface area contributed by atoms with Gasteiger partial charge in [0.05, 0.1) is 6.54 Å². The minimum Gasteiger partial charge on any atom is -0.425 e. The van der Waals surface area contributed by atoms with Crippen LogP contribution in [0.15, 0.2) is 24.3 Å². The van der Waals surface area contributed by atoms with E-state index in [0.717, 1.165) is 11.8 Å². The highest BCUT2D eigenvalue weighted by molar-refractivity contribution is 8.13. The van der Waals surface area contributed by atoms with Crippen molar-refractivity contribution in [2.75, 3.05) is 18.8 Å². The van der Waals surface area contributed by atoms with Gasteiger partial charge in [-0.15, -0.1) is 22.5 Å². The molecule has 1 fully saturated rings. The fraction of sp³-hybridized carbons (Fsp3) is 0.500. The normalized spacial score (nSPS) is 16.3.